The molecule has 0 atom stereocenters. The van der Waals surface area contributed by atoms with Crippen molar-refractivity contribution < 1.29 is 49.4 Å². The maximum atomic E-state index is 14.9. The summed E-state index contributed by atoms with van der Waals surface area (Å²) in [5.41, 5.74) is -4.04. The highest BCUT2D eigenvalue weighted by Gasteiger charge is 2.37. The lowest BCUT2D eigenvalue weighted by Gasteiger charge is -2.26. The molecule has 0 bridgehead atoms. The molecule has 1 aliphatic rings. The van der Waals surface area contributed by atoms with Crippen LogP contribution in [0.5, 0.6) is 11.5 Å². The fraction of sp³-hybridized carbons (Fsp3) is 0.552. The van der Waals surface area contributed by atoms with E-state index in [4.69, 9.17) is 4.74 Å². The highest BCUT2D eigenvalue weighted by atomic mass is 19.2. The van der Waals surface area contributed by atoms with Crippen molar-refractivity contribution in [3.8, 4) is 22.6 Å². The Morgan fingerprint density at radius 3 is 1.55 bits per heavy atom. The lowest BCUT2D eigenvalue weighted by molar-refractivity contribution is -0.140. The van der Waals surface area contributed by atoms with Crippen molar-refractivity contribution >= 4 is 5.97 Å². The zero-order valence-electron chi connectivity index (χ0n) is 22.4. The molecule has 0 N–H and O–H groups in total. The number of rotatable bonds is 12. The Morgan fingerprint density at radius 2 is 1.07 bits per heavy atom. The Bertz CT molecular complexity index is 1150. The average Bonchev–Trinajstić information content (AvgIpc) is 2.96. The van der Waals surface area contributed by atoms with E-state index in [-0.39, 0.29) is 6.61 Å². The molecule has 3 rings (SSSR count). The second kappa shape index (κ2) is 14.2. The van der Waals surface area contributed by atoms with Crippen molar-refractivity contribution in [2.45, 2.75) is 84.5 Å². The van der Waals surface area contributed by atoms with E-state index in [1.165, 1.54) is 0 Å². The zero-order chi connectivity index (χ0) is 29.6. The van der Waals surface area contributed by atoms with Crippen LogP contribution in [-0.4, -0.2) is 12.6 Å². The van der Waals surface area contributed by atoms with Crippen LogP contribution in [0.1, 0.15) is 84.5 Å². The van der Waals surface area contributed by atoms with E-state index < -0.39 is 81.1 Å². The molecule has 1 aliphatic carbocycles. The zero-order valence-corrected chi connectivity index (χ0v) is 22.4. The molecule has 40 heavy (non-hydrogen) atoms. The van der Waals surface area contributed by atoms with Crippen molar-refractivity contribution in [2.75, 3.05) is 6.61 Å². The third kappa shape index (κ3) is 6.71. The van der Waals surface area contributed by atoms with Crippen molar-refractivity contribution in [1.82, 2.24) is 0 Å². The smallest absolute Gasteiger partial charge is 0.314 e. The van der Waals surface area contributed by atoms with Crippen molar-refractivity contribution in [2.24, 2.45) is 11.8 Å². The van der Waals surface area contributed by atoms with Crippen LogP contribution in [0.3, 0.4) is 0 Å². The molecule has 0 spiro atoms. The highest BCUT2D eigenvalue weighted by Crippen LogP contribution is 2.42. The van der Waals surface area contributed by atoms with Gasteiger partial charge in [-0.3, -0.25) is 4.79 Å². The van der Waals surface area contributed by atoms with Gasteiger partial charge in [0.2, 0.25) is 29.0 Å². The molecule has 3 nitrogen and oxygen atoms in total. The fourth-order valence-corrected chi connectivity index (χ4v) is 4.93. The second-order valence-corrected chi connectivity index (χ2v) is 10.1. The molecule has 0 heterocycles. The van der Waals surface area contributed by atoms with Crippen LogP contribution < -0.4 is 9.47 Å². The minimum absolute atomic E-state index is 0.301. The summed E-state index contributed by atoms with van der Waals surface area (Å²) < 4.78 is 128. The first kappa shape index (κ1) is 31.7. The Kier molecular flexibility index (Phi) is 11.2. The van der Waals surface area contributed by atoms with Crippen LogP contribution in [0.2, 0.25) is 0 Å². The first-order valence-electron chi connectivity index (χ1n) is 13.6. The number of unbranched alkanes of at least 4 members (excludes halogenated alkanes) is 5. The second-order valence-electron chi connectivity index (χ2n) is 10.1. The van der Waals surface area contributed by atoms with Gasteiger partial charge < -0.3 is 9.47 Å². The molecule has 2 aromatic rings. The molecule has 0 aliphatic heterocycles. The fourth-order valence-electron chi connectivity index (χ4n) is 4.93. The summed E-state index contributed by atoms with van der Waals surface area (Å²) in [5, 5.41) is 0. The number of carbonyl (C=O) groups excluding carboxylic acids is 1. The first-order chi connectivity index (χ1) is 19.0. The summed E-state index contributed by atoms with van der Waals surface area (Å²) in [6.07, 6.45) is 7.53. The van der Waals surface area contributed by atoms with Crippen molar-refractivity contribution in [1.29, 1.82) is 0 Å². The Hall–Kier alpha value is -2.85. The molecule has 222 valence electrons. The largest absolute Gasteiger partial charge is 0.487 e. The van der Waals surface area contributed by atoms with Gasteiger partial charge in [-0.25, -0.2) is 17.6 Å². The van der Waals surface area contributed by atoms with Gasteiger partial charge in [-0.1, -0.05) is 52.4 Å². The quantitative estimate of drug-likeness (QED) is 0.0825. The van der Waals surface area contributed by atoms with E-state index in [1.807, 2.05) is 13.8 Å². The van der Waals surface area contributed by atoms with E-state index in [9.17, 15) is 39.9 Å². The van der Waals surface area contributed by atoms with E-state index in [0.717, 1.165) is 32.1 Å². The molecule has 0 radical (unpaired) electrons. The highest BCUT2D eigenvalue weighted by molar-refractivity contribution is 5.76. The van der Waals surface area contributed by atoms with Gasteiger partial charge in [-0.15, -0.1) is 0 Å². The van der Waals surface area contributed by atoms with Gasteiger partial charge in [0.1, 0.15) is 0 Å². The predicted molar refractivity (Wildman–Crippen MR) is 132 cm³/mol. The summed E-state index contributed by atoms with van der Waals surface area (Å²) in [6, 6.07) is 0. The molecule has 11 heteroatoms. The lowest BCUT2D eigenvalue weighted by atomic mass is 9.81. The number of benzene rings is 2. The van der Waals surface area contributed by atoms with Gasteiger partial charge >= 0.3 is 5.97 Å². The normalized spacial score (nSPS) is 17.2. The third-order valence-corrected chi connectivity index (χ3v) is 7.40. The summed E-state index contributed by atoms with van der Waals surface area (Å²) in [5.74, 6) is -23.0. The number of ether oxygens (including phenoxy) is 2. The summed E-state index contributed by atoms with van der Waals surface area (Å²) >= 11 is 0. The van der Waals surface area contributed by atoms with Crippen LogP contribution in [0.15, 0.2) is 0 Å². The van der Waals surface area contributed by atoms with Gasteiger partial charge in [0.15, 0.2) is 29.0 Å². The third-order valence-electron chi connectivity index (χ3n) is 7.40. The maximum absolute atomic E-state index is 14.9. The molecule has 0 saturated heterocycles. The van der Waals surface area contributed by atoms with E-state index in [0.29, 0.717) is 44.4 Å². The number of carbonyl (C=O) groups is 1. The van der Waals surface area contributed by atoms with Crippen LogP contribution in [0.4, 0.5) is 35.1 Å². The predicted octanol–water partition coefficient (Wildman–Crippen LogP) is 9.33. The minimum atomic E-state index is -2.39. The molecule has 0 unspecified atom stereocenters. The standard InChI is InChI=1S/C29H32F8O3/c1-3-5-6-7-8-9-14-39-27-23(34)19(30)17(20(31)24(27)35)18-21(32)25(36)28(26(37)22(18)33)40-29(38)16-12-10-15(4-2)11-13-16/h15-16H,3-14H2,1-2H3. The number of hydrogen-bond acceptors (Lipinski definition) is 3. The number of halogens is 8. The number of esters is 1. The van der Waals surface area contributed by atoms with Crippen molar-refractivity contribution in [3.05, 3.63) is 46.5 Å². The monoisotopic (exact) mass is 580 g/mol. The Balaban J connectivity index is 1.88. The molecule has 1 fully saturated rings. The van der Waals surface area contributed by atoms with Crippen LogP contribution in [0.25, 0.3) is 11.1 Å². The SMILES string of the molecule is CCCCCCCCOc1c(F)c(F)c(-c2c(F)c(F)c(OC(=O)C3CCC(CC)CC3)c(F)c2F)c(F)c1F. The van der Waals surface area contributed by atoms with Gasteiger partial charge in [0.25, 0.3) is 0 Å². The lowest BCUT2D eigenvalue weighted by Crippen LogP contribution is -2.26. The molecule has 0 aromatic heterocycles. The molecular formula is C29H32F8O3. The van der Waals surface area contributed by atoms with E-state index in [2.05, 4.69) is 4.74 Å². The van der Waals surface area contributed by atoms with E-state index >= 15 is 0 Å². The van der Waals surface area contributed by atoms with Crippen LogP contribution in [-0.2, 0) is 4.79 Å². The van der Waals surface area contributed by atoms with Crippen molar-refractivity contribution in [3.63, 3.8) is 0 Å². The van der Waals surface area contributed by atoms with Gasteiger partial charge in [0, 0.05) is 0 Å². The van der Waals surface area contributed by atoms with Gasteiger partial charge in [-0.05, 0) is 38.0 Å². The Labute approximate surface area is 227 Å². The number of hydrogen-bond donors (Lipinski definition) is 0. The minimum Gasteiger partial charge on any atom is -0.487 e. The summed E-state index contributed by atoms with van der Waals surface area (Å²) in [6.45, 7) is 3.69. The summed E-state index contributed by atoms with van der Waals surface area (Å²) in [4.78, 5) is 12.4. The molecular weight excluding hydrogens is 548 g/mol. The molecule has 2 aromatic carbocycles. The first-order valence-corrected chi connectivity index (χ1v) is 13.6. The topological polar surface area (TPSA) is 35.5 Å². The van der Waals surface area contributed by atoms with Gasteiger partial charge in [-0.2, -0.15) is 17.6 Å². The van der Waals surface area contributed by atoms with Crippen LogP contribution >= 0.6 is 0 Å². The van der Waals surface area contributed by atoms with Gasteiger partial charge in [0.05, 0.1) is 23.7 Å². The molecule has 1 saturated carbocycles. The Morgan fingerprint density at radius 1 is 0.625 bits per heavy atom. The van der Waals surface area contributed by atoms with E-state index in [1.54, 1.807) is 0 Å². The average molecular weight is 581 g/mol. The van der Waals surface area contributed by atoms with Crippen LogP contribution in [0, 0.1) is 58.4 Å². The summed E-state index contributed by atoms with van der Waals surface area (Å²) in [7, 11) is 0. The maximum Gasteiger partial charge on any atom is 0.314 e. The molecule has 0 amide bonds.